The molecule has 1 aromatic heterocycles. The van der Waals surface area contributed by atoms with Crippen molar-refractivity contribution in [3.8, 4) is 0 Å². The fourth-order valence-electron chi connectivity index (χ4n) is 5.67. The molecule has 1 unspecified atom stereocenters. The first kappa shape index (κ1) is 23.0. The zero-order chi connectivity index (χ0) is 24.5. The topological polar surface area (TPSA) is 31.7 Å². The van der Waals surface area contributed by atoms with Crippen molar-refractivity contribution in [2.45, 2.75) is 12.5 Å². The summed E-state index contributed by atoms with van der Waals surface area (Å²) in [4.78, 5) is 14.9. The highest BCUT2D eigenvalue weighted by molar-refractivity contribution is 6.30. The Bertz CT molecular complexity index is 1430. The van der Waals surface area contributed by atoms with E-state index in [-0.39, 0.29) is 0 Å². The first-order chi connectivity index (χ1) is 17.6. The quantitative estimate of drug-likeness (QED) is 0.325. The average Bonchev–Trinajstić information content (AvgIpc) is 3.25. The van der Waals surface area contributed by atoms with E-state index in [9.17, 15) is 0 Å². The van der Waals surface area contributed by atoms with Crippen LogP contribution in [0.2, 0.25) is 5.02 Å². The van der Waals surface area contributed by atoms with Crippen LogP contribution in [0, 0.1) is 0 Å². The van der Waals surface area contributed by atoms with Gasteiger partial charge in [0.15, 0.2) is 0 Å². The fraction of sp³-hybridized carbons (Fsp3) is 0.226. The number of piperazine rings is 1. The first-order valence-electron chi connectivity index (χ1n) is 12.5. The van der Waals surface area contributed by atoms with E-state index in [1.807, 2.05) is 24.4 Å². The molecule has 3 heterocycles. The maximum Gasteiger partial charge on any atom is 0.134 e. The van der Waals surface area contributed by atoms with Crippen molar-refractivity contribution in [1.82, 2.24) is 9.88 Å². The Kier molecular flexibility index (Phi) is 6.08. The van der Waals surface area contributed by atoms with Gasteiger partial charge in [-0.25, -0.2) is 4.98 Å². The molecule has 0 saturated carbocycles. The van der Waals surface area contributed by atoms with Crippen molar-refractivity contribution in [2.75, 3.05) is 37.6 Å². The van der Waals surface area contributed by atoms with Gasteiger partial charge in [-0.05, 0) is 64.7 Å². The average molecular weight is 493 g/mol. The molecule has 2 aliphatic rings. The Morgan fingerprint density at radius 2 is 1.58 bits per heavy atom. The van der Waals surface area contributed by atoms with Crippen LogP contribution >= 0.6 is 11.6 Å². The van der Waals surface area contributed by atoms with Crippen molar-refractivity contribution < 1.29 is 0 Å². The predicted molar refractivity (Wildman–Crippen MR) is 150 cm³/mol. The normalized spacial score (nSPS) is 20.4. The standard InChI is InChI=1S/C31H29ClN4/c1-23-21-26(22-35-17-19-36(20-18-35)30-11-4-5-16-33-30)31(34-23,25-12-14-27(32)15-13-25)29-10-6-8-24-7-2-3-9-28(24)29/h2-16,21H,17-20,22H2,1H3. The number of aromatic nitrogens is 1. The smallest absolute Gasteiger partial charge is 0.134 e. The molecule has 1 saturated heterocycles. The highest BCUT2D eigenvalue weighted by atomic mass is 35.5. The summed E-state index contributed by atoms with van der Waals surface area (Å²) in [6.45, 7) is 6.88. The summed E-state index contributed by atoms with van der Waals surface area (Å²) in [6.07, 6.45) is 4.16. The van der Waals surface area contributed by atoms with Crippen LogP contribution in [-0.2, 0) is 5.54 Å². The monoisotopic (exact) mass is 492 g/mol. The van der Waals surface area contributed by atoms with Gasteiger partial charge in [0, 0.05) is 49.7 Å². The molecule has 4 nitrogen and oxygen atoms in total. The molecular formula is C31H29ClN4. The van der Waals surface area contributed by atoms with E-state index >= 15 is 0 Å². The van der Waals surface area contributed by atoms with Gasteiger partial charge in [0.25, 0.3) is 0 Å². The zero-order valence-corrected chi connectivity index (χ0v) is 21.2. The Labute approximate surface area is 217 Å². The lowest BCUT2D eigenvalue weighted by Crippen LogP contribution is -2.48. The molecule has 6 rings (SSSR count). The lowest BCUT2D eigenvalue weighted by atomic mass is 9.76. The third kappa shape index (κ3) is 4.11. The molecular weight excluding hydrogens is 464 g/mol. The third-order valence-electron chi connectivity index (χ3n) is 7.37. The number of hydrogen-bond acceptors (Lipinski definition) is 4. The SMILES string of the molecule is CC1=NC(c2ccc(Cl)cc2)(c2cccc3ccccc23)C(CN2CCN(c3ccccn3)CC2)=C1. The van der Waals surface area contributed by atoms with E-state index in [4.69, 9.17) is 16.6 Å². The Morgan fingerprint density at radius 1 is 0.833 bits per heavy atom. The summed E-state index contributed by atoms with van der Waals surface area (Å²) >= 11 is 6.32. The van der Waals surface area contributed by atoms with Gasteiger partial charge in [-0.15, -0.1) is 0 Å². The van der Waals surface area contributed by atoms with Crippen LogP contribution in [-0.4, -0.2) is 48.3 Å². The molecule has 5 heteroatoms. The molecule has 2 aliphatic heterocycles. The van der Waals surface area contributed by atoms with Crippen molar-refractivity contribution in [2.24, 2.45) is 4.99 Å². The molecule has 36 heavy (non-hydrogen) atoms. The third-order valence-corrected chi connectivity index (χ3v) is 7.62. The molecule has 1 atom stereocenters. The summed E-state index contributed by atoms with van der Waals surface area (Å²) in [7, 11) is 0. The van der Waals surface area contributed by atoms with Crippen LogP contribution in [0.4, 0.5) is 5.82 Å². The minimum absolute atomic E-state index is 0.576. The van der Waals surface area contributed by atoms with Crippen LogP contribution < -0.4 is 4.90 Å². The Morgan fingerprint density at radius 3 is 2.36 bits per heavy atom. The molecule has 3 aromatic carbocycles. The van der Waals surface area contributed by atoms with Crippen molar-refractivity contribution >= 4 is 33.9 Å². The van der Waals surface area contributed by atoms with E-state index in [1.54, 1.807) is 0 Å². The van der Waals surface area contributed by atoms with E-state index in [2.05, 4.69) is 94.5 Å². The van der Waals surface area contributed by atoms with Crippen LogP contribution in [0.1, 0.15) is 18.1 Å². The van der Waals surface area contributed by atoms with Crippen LogP contribution in [0.3, 0.4) is 0 Å². The minimum Gasteiger partial charge on any atom is -0.354 e. The summed E-state index contributed by atoms with van der Waals surface area (Å²) in [5, 5.41) is 3.20. The van der Waals surface area contributed by atoms with Gasteiger partial charge in [0.1, 0.15) is 11.4 Å². The number of allylic oxidation sites excluding steroid dienone is 1. The Balaban J connectivity index is 1.38. The molecule has 0 bridgehead atoms. The number of aliphatic imine (C=N–C) groups is 1. The highest BCUT2D eigenvalue weighted by Gasteiger charge is 2.42. The van der Waals surface area contributed by atoms with E-state index in [0.29, 0.717) is 0 Å². The number of benzene rings is 3. The van der Waals surface area contributed by atoms with E-state index in [0.717, 1.165) is 54.8 Å². The number of hydrogen-bond donors (Lipinski definition) is 0. The second kappa shape index (κ2) is 9.53. The van der Waals surface area contributed by atoms with Crippen molar-refractivity contribution in [1.29, 1.82) is 0 Å². The molecule has 0 radical (unpaired) electrons. The van der Waals surface area contributed by atoms with Gasteiger partial charge in [0.2, 0.25) is 0 Å². The van der Waals surface area contributed by atoms with Gasteiger partial charge in [0.05, 0.1) is 0 Å². The number of fused-ring (bicyclic) bond motifs is 1. The number of rotatable bonds is 5. The highest BCUT2D eigenvalue weighted by Crippen LogP contribution is 2.47. The predicted octanol–water partition coefficient (Wildman–Crippen LogP) is 6.35. The fourth-order valence-corrected chi connectivity index (χ4v) is 5.80. The van der Waals surface area contributed by atoms with Crippen molar-refractivity contribution in [3.05, 3.63) is 119 Å². The van der Waals surface area contributed by atoms with E-state index < -0.39 is 5.54 Å². The molecule has 0 aliphatic carbocycles. The lowest BCUT2D eigenvalue weighted by molar-refractivity contribution is 0.270. The summed E-state index contributed by atoms with van der Waals surface area (Å²) in [6, 6.07) is 29.6. The number of nitrogens with zero attached hydrogens (tertiary/aromatic N) is 4. The van der Waals surface area contributed by atoms with Gasteiger partial charge in [-0.1, -0.05) is 72.3 Å². The minimum atomic E-state index is -0.576. The lowest BCUT2D eigenvalue weighted by Gasteiger charge is -2.39. The second-order valence-corrected chi connectivity index (χ2v) is 10.1. The molecule has 180 valence electrons. The maximum absolute atomic E-state index is 6.32. The molecule has 4 aromatic rings. The number of pyridine rings is 1. The summed E-state index contributed by atoms with van der Waals surface area (Å²) < 4.78 is 0. The van der Waals surface area contributed by atoms with Gasteiger partial charge in [-0.3, -0.25) is 9.89 Å². The maximum atomic E-state index is 6.32. The van der Waals surface area contributed by atoms with Crippen LogP contribution in [0.25, 0.3) is 10.8 Å². The first-order valence-corrected chi connectivity index (χ1v) is 12.9. The Hall–Kier alpha value is -3.47. The summed E-state index contributed by atoms with van der Waals surface area (Å²) in [5.74, 6) is 1.06. The number of anilines is 1. The molecule has 0 spiro atoms. The molecule has 0 amide bonds. The molecule has 0 N–H and O–H groups in total. The second-order valence-electron chi connectivity index (χ2n) is 9.62. The largest absolute Gasteiger partial charge is 0.354 e. The van der Waals surface area contributed by atoms with Crippen LogP contribution in [0.15, 0.2) is 108 Å². The van der Waals surface area contributed by atoms with Crippen molar-refractivity contribution in [3.63, 3.8) is 0 Å². The zero-order valence-electron chi connectivity index (χ0n) is 20.4. The number of halogens is 1. The molecule has 1 fully saturated rings. The summed E-state index contributed by atoms with van der Waals surface area (Å²) in [5.41, 5.74) is 4.16. The van der Waals surface area contributed by atoms with Crippen LogP contribution in [0.5, 0.6) is 0 Å². The van der Waals surface area contributed by atoms with Gasteiger partial charge >= 0.3 is 0 Å². The van der Waals surface area contributed by atoms with Gasteiger partial charge < -0.3 is 4.90 Å². The van der Waals surface area contributed by atoms with Gasteiger partial charge in [-0.2, -0.15) is 0 Å². The van der Waals surface area contributed by atoms with E-state index in [1.165, 1.54) is 21.9 Å².